The van der Waals surface area contributed by atoms with Crippen molar-refractivity contribution >= 4 is 25.8 Å². The molecule has 3 rings (SSSR count). The number of halogens is 1. The van der Waals surface area contributed by atoms with Gasteiger partial charge in [-0.1, -0.05) is 54.0 Å². The third-order valence-corrected chi connectivity index (χ3v) is 6.21. The SMILES string of the molecule is CC(C)c1ccc(CS(=O)(=O)Cc2cc3c(cc2Br)OCO3)cc1. The van der Waals surface area contributed by atoms with Crippen molar-refractivity contribution in [2.75, 3.05) is 6.79 Å². The standard InChI is InChI=1S/C18H19BrO4S/c1-12(2)14-5-3-13(4-6-14)9-24(20,21)10-15-7-17-18(8-16(15)19)23-11-22-17/h3-8,12H,9-11H2,1-2H3. The maximum atomic E-state index is 12.5. The number of fused-ring (bicyclic) bond motifs is 1. The van der Waals surface area contributed by atoms with Crippen LogP contribution < -0.4 is 9.47 Å². The normalized spacial score (nSPS) is 13.5. The summed E-state index contributed by atoms with van der Waals surface area (Å²) in [5.74, 6) is 1.62. The summed E-state index contributed by atoms with van der Waals surface area (Å²) in [6.07, 6.45) is 0. The van der Waals surface area contributed by atoms with Crippen molar-refractivity contribution in [3.8, 4) is 11.5 Å². The first-order chi connectivity index (χ1) is 11.3. The van der Waals surface area contributed by atoms with Crippen LogP contribution in [0.15, 0.2) is 40.9 Å². The quantitative estimate of drug-likeness (QED) is 0.731. The zero-order valence-electron chi connectivity index (χ0n) is 13.6. The highest BCUT2D eigenvalue weighted by Gasteiger charge is 2.20. The summed E-state index contributed by atoms with van der Waals surface area (Å²) in [4.78, 5) is 0. The summed E-state index contributed by atoms with van der Waals surface area (Å²) in [6, 6.07) is 11.2. The van der Waals surface area contributed by atoms with Gasteiger partial charge in [0.05, 0.1) is 11.5 Å². The minimum absolute atomic E-state index is 0.0201. The van der Waals surface area contributed by atoms with E-state index in [0.717, 1.165) is 5.56 Å². The molecule has 128 valence electrons. The molecule has 0 amide bonds. The van der Waals surface area contributed by atoms with Crippen LogP contribution in [-0.2, 0) is 21.3 Å². The van der Waals surface area contributed by atoms with Gasteiger partial charge in [0, 0.05) is 4.47 Å². The lowest BCUT2D eigenvalue weighted by molar-refractivity contribution is 0.174. The number of sulfone groups is 1. The van der Waals surface area contributed by atoms with Crippen LogP contribution in [0, 0.1) is 0 Å². The van der Waals surface area contributed by atoms with Gasteiger partial charge in [0.1, 0.15) is 0 Å². The number of ether oxygens (including phenoxy) is 2. The van der Waals surface area contributed by atoms with E-state index in [1.54, 1.807) is 12.1 Å². The molecular formula is C18H19BrO4S. The Hall–Kier alpha value is -1.53. The van der Waals surface area contributed by atoms with Crippen LogP contribution >= 0.6 is 15.9 Å². The fraction of sp³-hybridized carbons (Fsp3) is 0.333. The Bertz CT molecular complexity index is 842. The Balaban J connectivity index is 1.77. The van der Waals surface area contributed by atoms with Crippen LogP contribution in [0.4, 0.5) is 0 Å². The Morgan fingerprint density at radius 2 is 1.67 bits per heavy atom. The molecule has 6 heteroatoms. The molecule has 1 aliphatic rings. The van der Waals surface area contributed by atoms with Gasteiger partial charge in [-0.15, -0.1) is 0 Å². The van der Waals surface area contributed by atoms with Gasteiger partial charge in [0.2, 0.25) is 6.79 Å². The summed E-state index contributed by atoms with van der Waals surface area (Å²) >= 11 is 3.41. The molecule has 0 atom stereocenters. The van der Waals surface area contributed by atoms with Crippen molar-refractivity contribution in [1.82, 2.24) is 0 Å². The third kappa shape index (κ3) is 3.92. The lowest BCUT2D eigenvalue weighted by Crippen LogP contribution is -2.08. The summed E-state index contributed by atoms with van der Waals surface area (Å²) in [7, 11) is -3.29. The lowest BCUT2D eigenvalue weighted by Gasteiger charge is -2.09. The Morgan fingerprint density at radius 1 is 1.04 bits per heavy atom. The van der Waals surface area contributed by atoms with Gasteiger partial charge >= 0.3 is 0 Å². The monoisotopic (exact) mass is 410 g/mol. The second kappa shape index (κ2) is 6.76. The predicted octanol–water partition coefficient (Wildman–Crippen LogP) is 4.42. The number of rotatable bonds is 5. The average Bonchev–Trinajstić information content (AvgIpc) is 2.94. The van der Waals surface area contributed by atoms with Crippen molar-refractivity contribution in [3.63, 3.8) is 0 Å². The lowest BCUT2D eigenvalue weighted by atomic mass is 10.0. The van der Waals surface area contributed by atoms with Gasteiger partial charge in [0.25, 0.3) is 0 Å². The fourth-order valence-electron chi connectivity index (χ4n) is 2.61. The van der Waals surface area contributed by atoms with E-state index in [1.165, 1.54) is 5.56 Å². The minimum atomic E-state index is -3.29. The molecule has 2 aromatic carbocycles. The van der Waals surface area contributed by atoms with Crippen LogP contribution in [0.25, 0.3) is 0 Å². The average molecular weight is 411 g/mol. The van der Waals surface area contributed by atoms with E-state index in [2.05, 4.69) is 29.8 Å². The summed E-state index contributed by atoms with van der Waals surface area (Å²) in [6.45, 7) is 4.39. The highest BCUT2D eigenvalue weighted by Crippen LogP contribution is 2.37. The molecular weight excluding hydrogens is 392 g/mol. The van der Waals surface area contributed by atoms with E-state index in [-0.39, 0.29) is 18.3 Å². The van der Waals surface area contributed by atoms with E-state index >= 15 is 0 Å². The smallest absolute Gasteiger partial charge is 0.231 e. The zero-order chi connectivity index (χ0) is 17.3. The highest BCUT2D eigenvalue weighted by molar-refractivity contribution is 9.10. The van der Waals surface area contributed by atoms with Crippen molar-refractivity contribution in [1.29, 1.82) is 0 Å². The second-order valence-electron chi connectivity index (χ2n) is 6.23. The fourth-order valence-corrected chi connectivity index (χ4v) is 4.77. The molecule has 0 unspecified atom stereocenters. The van der Waals surface area contributed by atoms with Gasteiger partial charge in [-0.05, 0) is 34.7 Å². The molecule has 0 aromatic heterocycles. The van der Waals surface area contributed by atoms with E-state index in [4.69, 9.17) is 9.47 Å². The molecule has 0 aliphatic carbocycles. The number of benzene rings is 2. The molecule has 0 bridgehead atoms. The first kappa shape index (κ1) is 17.3. The summed E-state index contributed by atoms with van der Waals surface area (Å²) in [5, 5.41) is 0. The van der Waals surface area contributed by atoms with Crippen molar-refractivity contribution in [2.45, 2.75) is 31.3 Å². The van der Waals surface area contributed by atoms with Crippen molar-refractivity contribution in [3.05, 3.63) is 57.6 Å². The largest absolute Gasteiger partial charge is 0.454 e. The Morgan fingerprint density at radius 3 is 2.29 bits per heavy atom. The molecule has 0 saturated heterocycles. The van der Waals surface area contributed by atoms with Crippen LogP contribution in [0.3, 0.4) is 0 Å². The predicted molar refractivity (Wildman–Crippen MR) is 97.1 cm³/mol. The topological polar surface area (TPSA) is 52.6 Å². The maximum Gasteiger partial charge on any atom is 0.231 e. The highest BCUT2D eigenvalue weighted by atomic mass is 79.9. The molecule has 0 radical (unpaired) electrons. The first-order valence-electron chi connectivity index (χ1n) is 7.71. The number of hydrogen-bond acceptors (Lipinski definition) is 4. The zero-order valence-corrected chi connectivity index (χ0v) is 16.0. The number of hydrogen-bond donors (Lipinski definition) is 0. The van der Waals surface area contributed by atoms with E-state index in [1.807, 2.05) is 24.3 Å². The van der Waals surface area contributed by atoms with E-state index < -0.39 is 9.84 Å². The Labute approximate surface area is 150 Å². The molecule has 2 aromatic rings. The van der Waals surface area contributed by atoms with Crippen LogP contribution in [0.2, 0.25) is 0 Å². The molecule has 1 aliphatic heterocycles. The first-order valence-corrected chi connectivity index (χ1v) is 10.3. The van der Waals surface area contributed by atoms with Crippen LogP contribution in [0.1, 0.15) is 36.5 Å². The third-order valence-electron chi connectivity index (χ3n) is 3.95. The van der Waals surface area contributed by atoms with Crippen molar-refractivity contribution in [2.24, 2.45) is 0 Å². The molecule has 1 heterocycles. The summed E-state index contributed by atoms with van der Waals surface area (Å²) in [5.41, 5.74) is 2.68. The second-order valence-corrected chi connectivity index (χ2v) is 9.14. The van der Waals surface area contributed by atoms with Gasteiger partial charge in [-0.3, -0.25) is 0 Å². The van der Waals surface area contributed by atoms with Gasteiger partial charge < -0.3 is 9.47 Å². The van der Waals surface area contributed by atoms with Gasteiger partial charge in [0.15, 0.2) is 21.3 Å². The molecule has 0 spiro atoms. The van der Waals surface area contributed by atoms with Gasteiger partial charge in [-0.25, -0.2) is 8.42 Å². The van der Waals surface area contributed by atoms with Crippen molar-refractivity contribution < 1.29 is 17.9 Å². The summed E-state index contributed by atoms with van der Waals surface area (Å²) < 4.78 is 36.4. The van der Waals surface area contributed by atoms with Crippen LogP contribution in [0.5, 0.6) is 11.5 Å². The molecule has 0 fully saturated rings. The minimum Gasteiger partial charge on any atom is -0.454 e. The molecule has 0 N–H and O–H groups in total. The molecule has 4 nitrogen and oxygen atoms in total. The van der Waals surface area contributed by atoms with Crippen LogP contribution in [-0.4, -0.2) is 15.2 Å². The molecule has 0 saturated carbocycles. The van der Waals surface area contributed by atoms with E-state index in [9.17, 15) is 8.42 Å². The maximum absolute atomic E-state index is 12.5. The van der Waals surface area contributed by atoms with E-state index in [0.29, 0.717) is 27.5 Å². The van der Waals surface area contributed by atoms with Gasteiger partial charge in [-0.2, -0.15) is 0 Å². The molecule has 24 heavy (non-hydrogen) atoms. The Kier molecular flexibility index (Phi) is 4.88.